The molecule has 1 aromatic carbocycles. The average Bonchev–Trinajstić information content (AvgIpc) is 2.91. The Kier molecular flexibility index (Phi) is 6.24. The fourth-order valence-corrected chi connectivity index (χ4v) is 2.98. The van der Waals surface area contributed by atoms with E-state index in [9.17, 15) is 4.79 Å². The lowest BCUT2D eigenvalue weighted by Gasteiger charge is -2.09. The summed E-state index contributed by atoms with van der Waals surface area (Å²) in [5.41, 5.74) is 1.70. The Hall–Kier alpha value is -1.79. The van der Waals surface area contributed by atoms with E-state index in [0.29, 0.717) is 11.6 Å². The zero-order valence-electron chi connectivity index (χ0n) is 13.2. The van der Waals surface area contributed by atoms with Gasteiger partial charge in [0.05, 0.1) is 5.75 Å². The molecule has 0 bridgehead atoms. The molecule has 0 unspecified atom stereocenters. The van der Waals surface area contributed by atoms with Crippen molar-refractivity contribution in [1.82, 2.24) is 14.8 Å². The van der Waals surface area contributed by atoms with Crippen LogP contribution < -0.4 is 5.32 Å². The summed E-state index contributed by atoms with van der Waals surface area (Å²) in [5, 5.41) is 12.5. The number of benzene rings is 1. The number of amides is 1. The quantitative estimate of drug-likeness (QED) is 0.610. The smallest absolute Gasteiger partial charge is 0.234 e. The molecule has 0 spiro atoms. The molecule has 23 heavy (non-hydrogen) atoms. The van der Waals surface area contributed by atoms with Crippen molar-refractivity contribution in [2.75, 3.05) is 11.1 Å². The molecule has 1 aromatic heterocycles. The van der Waals surface area contributed by atoms with Crippen molar-refractivity contribution in [2.24, 2.45) is 0 Å². The van der Waals surface area contributed by atoms with Gasteiger partial charge in [0.1, 0.15) is 5.82 Å². The predicted octanol–water partition coefficient (Wildman–Crippen LogP) is 3.72. The molecule has 0 atom stereocenters. The van der Waals surface area contributed by atoms with Gasteiger partial charge in [-0.1, -0.05) is 42.4 Å². The number of allylic oxidation sites excluding steroid dienone is 1. The molecule has 1 amide bonds. The van der Waals surface area contributed by atoms with Crippen LogP contribution in [0.1, 0.15) is 18.3 Å². The number of anilines is 1. The Morgan fingerprint density at radius 1 is 1.48 bits per heavy atom. The minimum absolute atomic E-state index is 0.105. The summed E-state index contributed by atoms with van der Waals surface area (Å²) in [6.07, 6.45) is 2.58. The highest BCUT2D eigenvalue weighted by molar-refractivity contribution is 7.99. The molecule has 0 radical (unpaired) electrons. The number of thioether (sulfide) groups is 1. The summed E-state index contributed by atoms with van der Waals surface area (Å²) < 4.78 is 1.97. The first-order valence-electron chi connectivity index (χ1n) is 7.27. The molecule has 0 aliphatic heterocycles. The first kappa shape index (κ1) is 17.6. The lowest BCUT2D eigenvalue weighted by Crippen LogP contribution is -2.15. The van der Waals surface area contributed by atoms with Gasteiger partial charge in [-0.25, -0.2) is 0 Å². The zero-order valence-corrected chi connectivity index (χ0v) is 14.7. The minimum atomic E-state index is -0.105. The van der Waals surface area contributed by atoms with Crippen molar-refractivity contribution < 1.29 is 4.79 Å². The van der Waals surface area contributed by atoms with Crippen LogP contribution in [0.3, 0.4) is 0 Å². The Morgan fingerprint density at radius 3 is 2.96 bits per heavy atom. The van der Waals surface area contributed by atoms with Crippen LogP contribution in [0.15, 0.2) is 36.0 Å². The van der Waals surface area contributed by atoms with Crippen molar-refractivity contribution in [1.29, 1.82) is 0 Å². The number of nitrogens with one attached hydrogen (secondary N) is 1. The average molecular weight is 351 g/mol. The van der Waals surface area contributed by atoms with Crippen molar-refractivity contribution >= 4 is 35.0 Å². The third-order valence-electron chi connectivity index (χ3n) is 3.23. The van der Waals surface area contributed by atoms with Gasteiger partial charge in [-0.2, -0.15) is 0 Å². The summed E-state index contributed by atoms with van der Waals surface area (Å²) in [4.78, 5) is 12.1. The van der Waals surface area contributed by atoms with Crippen molar-refractivity contribution in [2.45, 2.75) is 32.0 Å². The fraction of sp³-hybridized carbons (Fsp3) is 0.312. The van der Waals surface area contributed by atoms with E-state index < -0.39 is 0 Å². The van der Waals surface area contributed by atoms with Crippen molar-refractivity contribution in [3.8, 4) is 0 Å². The van der Waals surface area contributed by atoms with Gasteiger partial charge in [-0.05, 0) is 24.6 Å². The number of rotatable bonds is 7. The summed E-state index contributed by atoms with van der Waals surface area (Å²) in [7, 11) is 0. The van der Waals surface area contributed by atoms with Gasteiger partial charge < -0.3 is 9.88 Å². The highest BCUT2D eigenvalue weighted by Gasteiger charge is 2.13. The van der Waals surface area contributed by atoms with Gasteiger partial charge in [-0.15, -0.1) is 16.8 Å². The third kappa shape index (κ3) is 4.59. The highest BCUT2D eigenvalue weighted by atomic mass is 35.5. The minimum Gasteiger partial charge on any atom is -0.325 e. The molecule has 2 rings (SSSR count). The molecule has 5 nitrogen and oxygen atoms in total. The molecule has 0 aliphatic carbocycles. The van der Waals surface area contributed by atoms with Gasteiger partial charge in [0, 0.05) is 23.7 Å². The molecule has 0 fully saturated rings. The van der Waals surface area contributed by atoms with Crippen LogP contribution in [0, 0.1) is 6.92 Å². The monoisotopic (exact) mass is 350 g/mol. The molecule has 0 saturated carbocycles. The normalized spacial score (nSPS) is 10.6. The number of hydrogen-bond donors (Lipinski definition) is 1. The summed E-state index contributed by atoms with van der Waals surface area (Å²) in [5.74, 6) is 1.04. The highest BCUT2D eigenvalue weighted by Crippen LogP contribution is 2.22. The summed E-state index contributed by atoms with van der Waals surface area (Å²) in [6.45, 7) is 8.32. The predicted molar refractivity (Wildman–Crippen MR) is 95.1 cm³/mol. The molecule has 122 valence electrons. The van der Waals surface area contributed by atoms with E-state index in [1.807, 2.05) is 24.5 Å². The number of halogens is 1. The number of carbonyl (C=O) groups excluding carboxylic acids is 1. The standard InChI is InChI=1S/C16H19ClN4OS/c1-4-8-21-14(5-2)19-20-16(21)23-10-15(22)18-13-9-12(17)7-6-11(13)3/h4,6-7,9H,1,5,8,10H2,2-3H3,(H,18,22). The Morgan fingerprint density at radius 2 is 2.26 bits per heavy atom. The fourth-order valence-electron chi connectivity index (χ4n) is 2.05. The molecule has 7 heteroatoms. The molecule has 1 heterocycles. The van der Waals surface area contributed by atoms with Crippen LogP contribution in [0.2, 0.25) is 5.02 Å². The molecule has 1 N–H and O–H groups in total. The Bertz CT molecular complexity index is 714. The summed E-state index contributed by atoms with van der Waals surface area (Å²) in [6, 6.07) is 5.42. The maximum atomic E-state index is 12.1. The number of aryl methyl sites for hydroxylation is 2. The lowest BCUT2D eigenvalue weighted by molar-refractivity contribution is -0.113. The SMILES string of the molecule is C=CCn1c(CC)nnc1SCC(=O)Nc1cc(Cl)ccc1C. The third-order valence-corrected chi connectivity index (χ3v) is 4.43. The summed E-state index contributed by atoms with van der Waals surface area (Å²) >= 11 is 7.32. The van der Waals surface area contributed by atoms with Gasteiger partial charge in [0.15, 0.2) is 5.16 Å². The van der Waals surface area contributed by atoms with Crippen LogP contribution in [0.25, 0.3) is 0 Å². The number of aromatic nitrogens is 3. The molecule has 0 aliphatic rings. The second-order valence-electron chi connectivity index (χ2n) is 4.95. The van der Waals surface area contributed by atoms with E-state index in [0.717, 1.165) is 28.7 Å². The maximum Gasteiger partial charge on any atom is 0.234 e. The van der Waals surface area contributed by atoms with E-state index in [4.69, 9.17) is 11.6 Å². The number of carbonyl (C=O) groups is 1. The number of hydrogen-bond acceptors (Lipinski definition) is 4. The van der Waals surface area contributed by atoms with Crippen LogP contribution in [-0.4, -0.2) is 26.4 Å². The maximum absolute atomic E-state index is 12.1. The lowest BCUT2D eigenvalue weighted by atomic mass is 10.2. The van der Waals surface area contributed by atoms with E-state index in [2.05, 4.69) is 22.1 Å². The van der Waals surface area contributed by atoms with Crippen LogP contribution in [0.5, 0.6) is 0 Å². The van der Waals surface area contributed by atoms with Gasteiger partial charge in [0.25, 0.3) is 0 Å². The van der Waals surface area contributed by atoms with Crippen molar-refractivity contribution in [3.63, 3.8) is 0 Å². The molecular formula is C16H19ClN4OS. The molecule has 0 saturated heterocycles. The van der Waals surface area contributed by atoms with Gasteiger partial charge in [-0.3, -0.25) is 4.79 Å². The van der Waals surface area contributed by atoms with Crippen LogP contribution in [0.4, 0.5) is 5.69 Å². The number of nitrogens with zero attached hydrogens (tertiary/aromatic N) is 3. The van der Waals surface area contributed by atoms with E-state index in [1.54, 1.807) is 18.2 Å². The first-order valence-corrected chi connectivity index (χ1v) is 8.63. The zero-order chi connectivity index (χ0) is 16.8. The van der Waals surface area contributed by atoms with Gasteiger partial charge >= 0.3 is 0 Å². The van der Waals surface area contributed by atoms with Gasteiger partial charge in [0.2, 0.25) is 5.91 Å². The van der Waals surface area contributed by atoms with Crippen LogP contribution >= 0.6 is 23.4 Å². The molecular weight excluding hydrogens is 332 g/mol. The Labute approximate surface area is 145 Å². The Balaban J connectivity index is 2.00. The first-order chi connectivity index (χ1) is 11.0. The van der Waals surface area contributed by atoms with Crippen LogP contribution in [-0.2, 0) is 17.8 Å². The second kappa shape index (κ2) is 8.17. The van der Waals surface area contributed by atoms with E-state index in [-0.39, 0.29) is 11.7 Å². The largest absolute Gasteiger partial charge is 0.325 e. The van der Waals surface area contributed by atoms with E-state index in [1.165, 1.54) is 11.8 Å². The second-order valence-corrected chi connectivity index (χ2v) is 6.33. The van der Waals surface area contributed by atoms with E-state index >= 15 is 0 Å². The topological polar surface area (TPSA) is 59.8 Å². The molecule has 2 aromatic rings. The van der Waals surface area contributed by atoms with Crippen molar-refractivity contribution in [3.05, 3.63) is 47.3 Å².